The summed E-state index contributed by atoms with van der Waals surface area (Å²) in [6.07, 6.45) is -1.94. The first-order valence-electron chi connectivity index (χ1n) is 11.3. The predicted molar refractivity (Wildman–Crippen MR) is 124 cm³/mol. The van der Waals surface area contributed by atoms with Gasteiger partial charge in [0.2, 0.25) is 11.5 Å². The summed E-state index contributed by atoms with van der Waals surface area (Å²) in [6.45, 7) is -0.389. The zero-order chi connectivity index (χ0) is 26.8. The molecule has 1 aliphatic carbocycles. The van der Waals surface area contributed by atoms with Gasteiger partial charge in [0, 0.05) is 23.1 Å². The van der Waals surface area contributed by atoms with Crippen molar-refractivity contribution < 1.29 is 31.6 Å². The largest absolute Gasteiger partial charge is 0.428 e. The van der Waals surface area contributed by atoms with E-state index in [4.69, 9.17) is 28.0 Å². The van der Waals surface area contributed by atoms with Crippen molar-refractivity contribution in [3.63, 3.8) is 0 Å². The molecule has 2 heterocycles. The van der Waals surface area contributed by atoms with E-state index in [0.717, 1.165) is 31.1 Å². The van der Waals surface area contributed by atoms with Gasteiger partial charge < -0.3 is 4.90 Å². The second-order valence-electron chi connectivity index (χ2n) is 9.48. The lowest BCUT2D eigenvalue weighted by molar-refractivity contribution is -0.269. The summed E-state index contributed by atoms with van der Waals surface area (Å²) in [6, 6.07) is 7.33. The summed E-state index contributed by atoms with van der Waals surface area (Å²) < 4.78 is 72.1. The Morgan fingerprint density at radius 3 is 2.41 bits per heavy atom. The number of halogens is 7. The van der Waals surface area contributed by atoms with Gasteiger partial charge >= 0.3 is 6.18 Å². The Morgan fingerprint density at radius 1 is 1.19 bits per heavy atom. The molecule has 1 unspecified atom stereocenters. The van der Waals surface area contributed by atoms with E-state index in [1.165, 1.54) is 23.1 Å². The molecule has 0 bridgehead atoms. The van der Waals surface area contributed by atoms with Crippen LogP contribution in [0.1, 0.15) is 41.5 Å². The molecule has 1 amide bonds. The lowest BCUT2D eigenvalue weighted by Crippen LogP contribution is -2.59. The maximum atomic E-state index is 15.6. The Labute approximate surface area is 218 Å². The van der Waals surface area contributed by atoms with Gasteiger partial charge in [0.05, 0.1) is 40.5 Å². The molecule has 1 atom stereocenters. The van der Waals surface area contributed by atoms with Gasteiger partial charge in [-0.1, -0.05) is 35.3 Å². The number of hydrogen-bond donors (Lipinski definition) is 1. The van der Waals surface area contributed by atoms with Crippen molar-refractivity contribution in [2.24, 2.45) is 5.92 Å². The summed E-state index contributed by atoms with van der Waals surface area (Å²) in [5.41, 5.74) is -3.43. The number of hydrogen-bond acceptors (Lipinski definition) is 4. The molecule has 1 N–H and O–H groups in total. The molecule has 2 fully saturated rings. The van der Waals surface area contributed by atoms with Crippen molar-refractivity contribution in [1.82, 2.24) is 10.4 Å². The summed E-state index contributed by atoms with van der Waals surface area (Å²) in [4.78, 5) is 18.6. The van der Waals surface area contributed by atoms with Crippen LogP contribution in [0, 0.1) is 23.1 Å². The fraction of sp³-hybridized carbons (Fsp3) is 0.360. The molecular formula is C25H18Cl2F5N3O2. The highest BCUT2D eigenvalue weighted by molar-refractivity contribution is 6.35. The number of benzene rings is 2. The highest BCUT2D eigenvalue weighted by atomic mass is 35.5. The van der Waals surface area contributed by atoms with Gasteiger partial charge in [-0.3, -0.25) is 15.1 Å². The van der Waals surface area contributed by atoms with Gasteiger partial charge in [0.15, 0.2) is 11.5 Å². The molecule has 0 spiro atoms. The highest BCUT2D eigenvalue weighted by Crippen LogP contribution is 2.49. The van der Waals surface area contributed by atoms with E-state index in [-0.39, 0.29) is 41.4 Å². The highest BCUT2D eigenvalue weighted by Gasteiger charge is 2.60. The van der Waals surface area contributed by atoms with Crippen LogP contribution in [0.25, 0.3) is 5.70 Å². The number of amides is 1. The Kier molecular flexibility index (Phi) is 6.17. The van der Waals surface area contributed by atoms with Gasteiger partial charge in [-0.05, 0) is 43.0 Å². The fourth-order valence-corrected chi connectivity index (χ4v) is 5.04. The molecule has 5 nitrogen and oxygen atoms in total. The van der Waals surface area contributed by atoms with Gasteiger partial charge in [0.1, 0.15) is 0 Å². The minimum absolute atomic E-state index is 0.0490. The van der Waals surface area contributed by atoms with E-state index >= 15 is 4.39 Å². The molecule has 0 radical (unpaired) electrons. The third-order valence-corrected chi connectivity index (χ3v) is 7.38. The minimum atomic E-state index is -5.02. The Bertz CT molecular complexity index is 1340. The molecule has 2 aromatic carbocycles. The normalized spacial score (nSPS) is 22.6. The maximum Gasteiger partial charge on any atom is 0.428 e. The molecule has 0 aromatic heterocycles. The minimum Gasteiger partial charge on any atom is -0.335 e. The number of hydroxylamine groups is 1. The van der Waals surface area contributed by atoms with Gasteiger partial charge in [-0.25, -0.2) is 8.78 Å². The van der Waals surface area contributed by atoms with Crippen molar-refractivity contribution in [1.29, 1.82) is 5.26 Å². The summed E-state index contributed by atoms with van der Waals surface area (Å²) in [5.74, 6) is -0.845. The van der Waals surface area contributed by atoms with Crippen LogP contribution < -0.4 is 5.48 Å². The Morgan fingerprint density at radius 2 is 1.84 bits per heavy atom. The molecule has 3 aliphatic rings. The molecule has 1 saturated heterocycles. The van der Waals surface area contributed by atoms with Crippen molar-refractivity contribution in [2.45, 2.75) is 36.7 Å². The number of alkyl halides is 4. The molecule has 194 valence electrons. The van der Waals surface area contributed by atoms with E-state index in [0.29, 0.717) is 12.3 Å². The summed E-state index contributed by atoms with van der Waals surface area (Å²) in [5, 5.41) is 8.42. The number of nitrogens with zero attached hydrogens (tertiary/aromatic N) is 2. The van der Waals surface area contributed by atoms with E-state index in [2.05, 4.69) is 5.48 Å². The molecule has 1 saturated carbocycles. The zero-order valence-corrected chi connectivity index (χ0v) is 20.4. The predicted octanol–water partition coefficient (Wildman–Crippen LogP) is 6.14. The molecule has 5 rings (SSSR count). The van der Waals surface area contributed by atoms with E-state index in [9.17, 15) is 27.6 Å². The smallest absolute Gasteiger partial charge is 0.335 e. The number of nitrogens with one attached hydrogen (secondary N) is 1. The SMILES string of the molecule is N#Cc1cc(C2=CC(c3cc(Cl)c(F)c(Cl)c3)(C(F)(F)F)ON2)ccc1C1(F)CN(C(=O)CC2CC2)C1. The van der Waals surface area contributed by atoms with Crippen molar-refractivity contribution in [2.75, 3.05) is 13.1 Å². The summed E-state index contributed by atoms with van der Waals surface area (Å²) >= 11 is 11.4. The van der Waals surface area contributed by atoms with Crippen LogP contribution >= 0.6 is 23.2 Å². The van der Waals surface area contributed by atoms with Crippen molar-refractivity contribution >= 4 is 34.8 Å². The van der Waals surface area contributed by atoms with Gasteiger partial charge in [-0.15, -0.1) is 0 Å². The lowest BCUT2D eigenvalue weighted by atomic mass is 9.83. The molecule has 12 heteroatoms. The van der Waals surface area contributed by atoms with E-state index in [1.807, 2.05) is 6.07 Å². The van der Waals surface area contributed by atoms with Crippen LogP contribution in [0.15, 0.2) is 36.4 Å². The molecule has 37 heavy (non-hydrogen) atoms. The molecule has 2 aromatic rings. The van der Waals surface area contributed by atoms with Crippen LogP contribution in [0.2, 0.25) is 10.0 Å². The number of likely N-dealkylation sites (tertiary alicyclic amines) is 1. The Balaban J connectivity index is 1.45. The monoisotopic (exact) mass is 557 g/mol. The van der Waals surface area contributed by atoms with Crippen LogP contribution in [0.5, 0.6) is 0 Å². The standard InChI is InChI=1S/C25H18Cl2F5N3O2/c26-18-7-16(8-19(27)22(18)28)24(25(30,31)32)9-20(34-37-24)14-3-4-17(15(6-14)10-33)23(29)11-35(12-23)21(36)5-13-1-2-13/h3-4,6-9,13,34H,1-2,5,11-12H2. The third kappa shape index (κ3) is 4.43. The van der Waals surface area contributed by atoms with Crippen LogP contribution in [0.4, 0.5) is 22.0 Å². The second-order valence-corrected chi connectivity index (χ2v) is 10.3. The second kappa shape index (κ2) is 8.86. The average Bonchev–Trinajstić information content (AvgIpc) is 3.51. The topological polar surface area (TPSA) is 65.4 Å². The number of carbonyl (C=O) groups excluding carboxylic acids is 1. The maximum absolute atomic E-state index is 15.6. The zero-order valence-electron chi connectivity index (χ0n) is 18.9. The van der Waals surface area contributed by atoms with Crippen LogP contribution in [-0.4, -0.2) is 30.1 Å². The number of carbonyl (C=O) groups is 1. The first-order chi connectivity index (χ1) is 17.4. The fourth-order valence-electron chi connectivity index (χ4n) is 4.55. The summed E-state index contributed by atoms with van der Waals surface area (Å²) in [7, 11) is 0. The van der Waals surface area contributed by atoms with Crippen LogP contribution in [0.3, 0.4) is 0 Å². The molecular weight excluding hydrogens is 540 g/mol. The third-order valence-electron chi connectivity index (χ3n) is 6.83. The van der Waals surface area contributed by atoms with Crippen molar-refractivity contribution in [3.8, 4) is 6.07 Å². The average molecular weight is 558 g/mol. The van der Waals surface area contributed by atoms with E-state index in [1.54, 1.807) is 0 Å². The van der Waals surface area contributed by atoms with Gasteiger partial charge in [0.25, 0.3) is 0 Å². The number of rotatable bonds is 5. The van der Waals surface area contributed by atoms with E-state index < -0.39 is 38.9 Å². The van der Waals surface area contributed by atoms with Crippen molar-refractivity contribution in [3.05, 3.63) is 74.5 Å². The number of nitriles is 1. The molecule has 2 aliphatic heterocycles. The quantitative estimate of drug-likeness (QED) is 0.354. The first kappa shape index (κ1) is 25.8. The first-order valence-corrected chi connectivity index (χ1v) is 12.0. The van der Waals surface area contributed by atoms with Crippen LogP contribution in [-0.2, 0) is 20.9 Å². The van der Waals surface area contributed by atoms with Gasteiger partial charge in [-0.2, -0.15) is 18.4 Å². The lowest BCUT2D eigenvalue weighted by Gasteiger charge is -2.45. The Hall–Kier alpha value is -2.87.